The molecule has 0 fully saturated rings. The maximum atomic E-state index is 10.8. The summed E-state index contributed by atoms with van der Waals surface area (Å²) in [5.41, 5.74) is 9.63. The molecule has 0 amide bonds. The molecule has 0 saturated heterocycles. The molecule has 0 spiro atoms. The minimum absolute atomic E-state index is 0.232. The first kappa shape index (κ1) is 26.5. The van der Waals surface area contributed by atoms with Crippen molar-refractivity contribution in [1.82, 2.24) is 9.97 Å². The van der Waals surface area contributed by atoms with Crippen LogP contribution >= 0.6 is 0 Å². The number of hydrogen-bond donors (Lipinski definition) is 1. The summed E-state index contributed by atoms with van der Waals surface area (Å²) in [7, 11) is 2.07. The summed E-state index contributed by atoms with van der Waals surface area (Å²) in [6.07, 6.45) is 1.86. The van der Waals surface area contributed by atoms with Gasteiger partial charge in [-0.1, -0.05) is 80.6 Å². The molecule has 210 valence electrons. The summed E-state index contributed by atoms with van der Waals surface area (Å²) in [6.45, 7) is 4.38. The van der Waals surface area contributed by atoms with Crippen molar-refractivity contribution in [3.05, 3.63) is 145 Å². The van der Waals surface area contributed by atoms with Crippen LogP contribution in [0.4, 0.5) is 28.6 Å². The van der Waals surface area contributed by atoms with Gasteiger partial charge in [-0.25, -0.2) is 9.97 Å². The second-order valence-corrected chi connectivity index (χ2v) is 11.4. The number of benzene rings is 4. The average molecular weight is 561 g/mol. The second kappa shape index (κ2) is 10.4. The molecule has 1 N–H and O–H groups in total. The van der Waals surface area contributed by atoms with Crippen molar-refractivity contribution in [2.45, 2.75) is 19.3 Å². The fourth-order valence-corrected chi connectivity index (χ4v) is 6.10. The topological polar surface area (TPSA) is 52.5 Å². The maximum absolute atomic E-state index is 10.8. The minimum Gasteiger partial charge on any atom is -0.507 e. The SMILES string of the molecule is CN(c1ccccc1)c1ccnc(N(c2ccccc2)c2cccc(-c3ccc4c(n3)-c3c(O)cccc3C4(C)C)c2)c1. The molecule has 2 heterocycles. The molecule has 0 bridgehead atoms. The van der Waals surface area contributed by atoms with Crippen molar-refractivity contribution in [1.29, 1.82) is 0 Å². The average Bonchev–Trinajstić information content (AvgIpc) is 3.28. The Balaban J connectivity index is 1.32. The zero-order valence-electron chi connectivity index (χ0n) is 24.4. The van der Waals surface area contributed by atoms with E-state index in [4.69, 9.17) is 9.97 Å². The van der Waals surface area contributed by atoms with Crippen molar-refractivity contribution < 1.29 is 5.11 Å². The highest BCUT2D eigenvalue weighted by Crippen LogP contribution is 2.51. The summed E-state index contributed by atoms with van der Waals surface area (Å²) in [4.78, 5) is 14.3. The van der Waals surface area contributed by atoms with E-state index in [1.54, 1.807) is 6.07 Å². The van der Waals surface area contributed by atoms with E-state index >= 15 is 0 Å². The fourth-order valence-electron chi connectivity index (χ4n) is 6.10. The van der Waals surface area contributed by atoms with Gasteiger partial charge in [0.25, 0.3) is 0 Å². The molecule has 0 unspecified atom stereocenters. The van der Waals surface area contributed by atoms with Crippen molar-refractivity contribution in [3.63, 3.8) is 0 Å². The molecule has 4 aromatic carbocycles. The summed E-state index contributed by atoms with van der Waals surface area (Å²) < 4.78 is 0. The highest BCUT2D eigenvalue weighted by Gasteiger charge is 2.38. The third kappa shape index (κ3) is 4.59. The first-order chi connectivity index (χ1) is 20.9. The molecule has 0 saturated carbocycles. The predicted octanol–water partition coefficient (Wildman–Crippen LogP) is 9.39. The predicted molar refractivity (Wildman–Crippen MR) is 176 cm³/mol. The van der Waals surface area contributed by atoms with E-state index < -0.39 is 0 Å². The molecule has 1 aliphatic carbocycles. The normalized spacial score (nSPS) is 12.8. The number of aromatic nitrogens is 2. The van der Waals surface area contributed by atoms with Gasteiger partial charge in [0.2, 0.25) is 0 Å². The molecular weight excluding hydrogens is 528 g/mol. The zero-order chi connectivity index (χ0) is 29.6. The Kier molecular flexibility index (Phi) is 6.43. The van der Waals surface area contributed by atoms with Crippen LogP contribution in [-0.4, -0.2) is 22.1 Å². The van der Waals surface area contributed by atoms with Gasteiger partial charge < -0.3 is 10.0 Å². The Labute approximate surface area is 252 Å². The summed E-state index contributed by atoms with van der Waals surface area (Å²) >= 11 is 0. The van der Waals surface area contributed by atoms with Gasteiger partial charge in [0.1, 0.15) is 11.6 Å². The van der Waals surface area contributed by atoms with Gasteiger partial charge in [0.05, 0.1) is 11.4 Å². The molecule has 2 aromatic heterocycles. The van der Waals surface area contributed by atoms with Crippen LogP contribution in [-0.2, 0) is 5.41 Å². The van der Waals surface area contributed by atoms with Gasteiger partial charge in [-0.15, -0.1) is 0 Å². The fraction of sp³-hybridized carbons (Fsp3) is 0.105. The van der Waals surface area contributed by atoms with Crippen LogP contribution in [0.5, 0.6) is 5.75 Å². The number of phenols is 1. The van der Waals surface area contributed by atoms with Gasteiger partial charge in [-0.2, -0.15) is 0 Å². The lowest BCUT2D eigenvalue weighted by Gasteiger charge is -2.27. The van der Waals surface area contributed by atoms with Crippen LogP contribution < -0.4 is 9.80 Å². The Bertz CT molecular complexity index is 1940. The Hall–Kier alpha value is -5.42. The van der Waals surface area contributed by atoms with Crippen LogP contribution in [0, 0.1) is 0 Å². The number of phenolic OH excluding ortho intramolecular Hbond substituents is 1. The highest BCUT2D eigenvalue weighted by molar-refractivity contribution is 5.85. The van der Waals surface area contributed by atoms with E-state index in [1.165, 1.54) is 0 Å². The van der Waals surface area contributed by atoms with Crippen LogP contribution in [0.3, 0.4) is 0 Å². The lowest BCUT2D eigenvalue weighted by Crippen LogP contribution is -2.15. The molecule has 5 heteroatoms. The number of anilines is 5. The third-order valence-corrected chi connectivity index (χ3v) is 8.42. The first-order valence-corrected chi connectivity index (χ1v) is 14.5. The number of rotatable bonds is 6. The smallest absolute Gasteiger partial charge is 0.139 e. The number of fused-ring (bicyclic) bond motifs is 3. The number of para-hydroxylation sites is 2. The van der Waals surface area contributed by atoms with Crippen molar-refractivity contribution >= 4 is 28.6 Å². The molecular formula is C38H32N4O. The summed E-state index contributed by atoms with van der Waals surface area (Å²) in [5.74, 6) is 1.08. The lowest BCUT2D eigenvalue weighted by atomic mass is 9.83. The lowest BCUT2D eigenvalue weighted by molar-refractivity contribution is 0.476. The summed E-state index contributed by atoms with van der Waals surface area (Å²) in [6, 6.07) is 43.1. The zero-order valence-corrected chi connectivity index (χ0v) is 24.4. The Morgan fingerprint density at radius 2 is 1.33 bits per heavy atom. The van der Waals surface area contributed by atoms with E-state index in [2.05, 4.69) is 103 Å². The Morgan fingerprint density at radius 1 is 0.628 bits per heavy atom. The van der Waals surface area contributed by atoms with Crippen LogP contribution in [0.25, 0.3) is 22.5 Å². The molecule has 0 aliphatic heterocycles. The molecule has 5 nitrogen and oxygen atoms in total. The molecule has 0 atom stereocenters. The van der Waals surface area contributed by atoms with E-state index in [0.29, 0.717) is 0 Å². The highest BCUT2D eigenvalue weighted by atomic mass is 16.3. The van der Waals surface area contributed by atoms with Gasteiger partial charge in [0.15, 0.2) is 0 Å². The monoisotopic (exact) mass is 560 g/mol. The molecule has 43 heavy (non-hydrogen) atoms. The van der Waals surface area contributed by atoms with Gasteiger partial charge >= 0.3 is 0 Å². The first-order valence-electron chi connectivity index (χ1n) is 14.5. The number of nitrogens with zero attached hydrogens (tertiary/aromatic N) is 4. The standard InChI is InChI=1S/C38H32N4O/c1-38(2)31-18-11-19-34(43)36(31)37-32(38)20-21-33(40-37)26-12-10-17-30(24-26)42(28-15-8-5-9-16-28)35-25-29(22-23-39-35)41(3)27-13-6-4-7-14-27/h4-25,43H,1-3H3. The van der Waals surface area contributed by atoms with Gasteiger partial charge in [0, 0.05) is 58.6 Å². The minimum atomic E-state index is -0.232. The number of pyridine rings is 2. The quantitative estimate of drug-likeness (QED) is 0.220. The number of aromatic hydroxyl groups is 1. The van der Waals surface area contributed by atoms with Crippen molar-refractivity contribution in [2.24, 2.45) is 0 Å². The van der Waals surface area contributed by atoms with E-state index in [1.807, 2.05) is 54.7 Å². The van der Waals surface area contributed by atoms with Crippen LogP contribution in [0.1, 0.15) is 25.0 Å². The van der Waals surface area contributed by atoms with E-state index in [-0.39, 0.29) is 11.2 Å². The molecule has 1 aliphatic rings. The van der Waals surface area contributed by atoms with Gasteiger partial charge in [-0.3, -0.25) is 4.90 Å². The van der Waals surface area contributed by atoms with Crippen LogP contribution in [0.2, 0.25) is 0 Å². The van der Waals surface area contributed by atoms with Crippen LogP contribution in [0.15, 0.2) is 134 Å². The third-order valence-electron chi connectivity index (χ3n) is 8.42. The van der Waals surface area contributed by atoms with Crippen molar-refractivity contribution in [2.75, 3.05) is 16.8 Å². The summed E-state index contributed by atoms with van der Waals surface area (Å²) in [5, 5.41) is 10.8. The molecule has 7 rings (SSSR count). The van der Waals surface area contributed by atoms with Gasteiger partial charge in [-0.05, 0) is 65.7 Å². The maximum Gasteiger partial charge on any atom is 0.139 e. The van der Waals surface area contributed by atoms with Crippen molar-refractivity contribution in [3.8, 4) is 28.3 Å². The second-order valence-electron chi connectivity index (χ2n) is 11.4. The Morgan fingerprint density at radius 3 is 2.09 bits per heavy atom. The molecule has 0 radical (unpaired) electrons. The molecule has 6 aromatic rings. The van der Waals surface area contributed by atoms with E-state index in [0.717, 1.165) is 62.2 Å². The van der Waals surface area contributed by atoms with E-state index in [9.17, 15) is 5.11 Å². The number of hydrogen-bond acceptors (Lipinski definition) is 5. The largest absolute Gasteiger partial charge is 0.507 e.